The number of aryl methyl sites for hydroxylation is 1. The van der Waals surface area contributed by atoms with Crippen LogP contribution in [0, 0.1) is 5.82 Å². The first kappa shape index (κ1) is 19.9. The molecule has 148 valence electrons. The van der Waals surface area contributed by atoms with Gasteiger partial charge in [0.1, 0.15) is 5.82 Å². The topological polar surface area (TPSA) is 29.5 Å². The second-order valence-electron chi connectivity index (χ2n) is 7.62. The van der Waals surface area contributed by atoms with Crippen molar-refractivity contribution in [1.82, 2.24) is 0 Å². The van der Waals surface area contributed by atoms with Crippen LogP contribution >= 0.6 is 27.7 Å². The van der Waals surface area contributed by atoms with E-state index in [-0.39, 0.29) is 22.2 Å². The number of nitrogens with zero attached hydrogens (tertiary/aromatic N) is 1. The summed E-state index contributed by atoms with van der Waals surface area (Å²) in [5.41, 5.74) is 3.10. The molecule has 6 heteroatoms. The number of rotatable bonds is 3. The summed E-state index contributed by atoms with van der Waals surface area (Å²) in [6.07, 6.45) is 3.08. The maximum Gasteiger partial charge on any atom is 0.227 e. The lowest BCUT2D eigenvalue weighted by Gasteiger charge is -2.36. The minimum atomic E-state index is -0.249. The molecule has 2 atom stereocenters. The molecule has 0 bridgehead atoms. The van der Waals surface area contributed by atoms with Gasteiger partial charge in [-0.3, -0.25) is 4.79 Å². The Balaban J connectivity index is 1.61. The zero-order chi connectivity index (χ0) is 19.9. The van der Waals surface area contributed by atoms with Crippen LogP contribution < -0.4 is 4.90 Å². The predicted molar refractivity (Wildman–Crippen MR) is 114 cm³/mol. The Bertz CT molecular complexity index is 921. The van der Waals surface area contributed by atoms with Gasteiger partial charge < -0.3 is 9.64 Å². The molecule has 2 aromatic rings. The maximum absolute atomic E-state index is 14.4. The van der Waals surface area contributed by atoms with Crippen molar-refractivity contribution in [2.24, 2.45) is 0 Å². The average Bonchev–Trinajstić information content (AvgIpc) is 2.64. The van der Waals surface area contributed by atoms with Crippen molar-refractivity contribution in [1.29, 1.82) is 0 Å². The molecule has 2 aliphatic heterocycles. The van der Waals surface area contributed by atoms with Gasteiger partial charge in [0.2, 0.25) is 5.91 Å². The fourth-order valence-electron chi connectivity index (χ4n) is 4.01. The maximum atomic E-state index is 14.4. The van der Waals surface area contributed by atoms with E-state index in [4.69, 9.17) is 4.74 Å². The summed E-state index contributed by atoms with van der Waals surface area (Å²) in [7, 11) is 1.82. The SMILES string of the molecule is C[C@H]1C[C@@](Br)(c2cc(F)cc(Sc3ccc4c(c3)CCC(=O)N4C)c2)CCO1. The van der Waals surface area contributed by atoms with Gasteiger partial charge in [0.05, 0.1) is 10.4 Å². The van der Waals surface area contributed by atoms with Gasteiger partial charge in [0.15, 0.2) is 0 Å². The smallest absolute Gasteiger partial charge is 0.227 e. The Kier molecular flexibility index (Phi) is 5.55. The standard InChI is InChI=1S/C22H23BrFNO2S/c1-14-13-22(23,7-8-27-14)16-10-17(24)12-19(11-16)28-18-4-5-20-15(9-18)3-6-21(26)25(20)2/h4-5,9-12,14H,3,6-8,13H2,1-2H3/t14-,22+/m0/s1. The van der Waals surface area contributed by atoms with Crippen molar-refractivity contribution < 1.29 is 13.9 Å². The third kappa shape index (κ3) is 4.00. The first-order valence-electron chi connectivity index (χ1n) is 9.53. The number of carbonyl (C=O) groups is 1. The number of carbonyl (C=O) groups excluding carboxylic acids is 1. The van der Waals surface area contributed by atoms with E-state index in [1.807, 2.05) is 19.2 Å². The summed E-state index contributed by atoms with van der Waals surface area (Å²) in [5.74, 6) is -0.0720. The number of halogens is 2. The van der Waals surface area contributed by atoms with E-state index in [2.05, 4.69) is 35.0 Å². The van der Waals surface area contributed by atoms with Crippen molar-refractivity contribution in [2.45, 2.75) is 52.8 Å². The van der Waals surface area contributed by atoms with Crippen LogP contribution in [-0.2, 0) is 20.3 Å². The van der Waals surface area contributed by atoms with Gasteiger partial charge >= 0.3 is 0 Å². The van der Waals surface area contributed by atoms with Crippen molar-refractivity contribution >= 4 is 39.3 Å². The lowest BCUT2D eigenvalue weighted by Crippen LogP contribution is -2.32. The number of benzene rings is 2. The molecule has 0 unspecified atom stereocenters. The van der Waals surface area contributed by atoms with E-state index in [1.54, 1.807) is 28.8 Å². The number of alkyl halides is 1. The van der Waals surface area contributed by atoms with Crippen LogP contribution in [0.1, 0.15) is 37.3 Å². The Hall–Kier alpha value is -1.37. The third-order valence-electron chi connectivity index (χ3n) is 5.53. The van der Waals surface area contributed by atoms with Gasteiger partial charge in [-0.15, -0.1) is 0 Å². The first-order chi connectivity index (χ1) is 13.3. The van der Waals surface area contributed by atoms with Crippen molar-refractivity contribution in [3.8, 4) is 0 Å². The second kappa shape index (κ2) is 7.81. The molecule has 1 amide bonds. The molecule has 28 heavy (non-hydrogen) atoms. The lowest BCUT2D eigenvalue weighted by atomic mass is 9.88. The number of ether oxygens (including phenoxy) is 1. The second-order valence-corrected chi connectivity index (χ2v) is 10.3. The number of hydrogen-bond donors (Lipinski definition) is 0. The Labute approximate surface area is 177 Å². The van der Waals surface area contributed by atoms with Gasteiger partial charge in [-0.2, -0.15) is 0 Å². The van der Waals surface area contributed by atoms with Crippen LogP contribution in [0.5, 0.6) is 0 Å². The molecule has 0 aliphatic carbocycles. The lowest BCUT2D eigenvalue weighted by molar-refractivity contribution is -0.118. The highest BCUT2D eigenvalue weighted by molar-refractivity contribution is 9.09. The summed E-state index contributed by atoms with van der Waals surface area (Å²) < 4.78 is 19.8. The number of anilines is 1. The molecule has 1 fully saturated rings. The molecule has 4 rings (SSSR count). The van der Waals surface area contributed by atoms with Crippen LogP contribution in [0.2, 0.25) is 0 Å². The zero-order valence-electron chi connectivity index (χ0n) is 16.0. The molecule has 0 spiro atoms. The molecular formula is C22H23BrFNO2S. The molecule has 2 heterocycles. The van der Waals surface area contributed by atoms with Crippen LogP contribution in [0.3, 0.4) is 0 Å². The summed E-state index contributed by atoms with van der Waals surface area (Å²) in [6.45, 7) is 2.72. The van der Waals surface area contributed by atoms with Crippen molar-refractivity contribution in [2.75, 3.05) is 18.6 Å². The molecule has 2 aromatic carbocycles. The minimum absolute atomic E-state index is 0.146. The summed E-state index contributed by atoms with van der Waals surface area (Å²) in [4.78, 5) is 15.5. The number of amides is 1. The molecule has 0 N–H and O–H groups in total. The normalized spacial score (nSPS) is 24.9. The van der Waals surface area contributed by atoms with Crippen LogP contribution in [0.15, 0.2) is 46.2 Å². The molecule has 0 aromatic heterocycles. The predicted octanol–water partition coefficient (Wildman–Crippen LogP) is 5.68. The van der Waals surface area contributed by atoms with Crippen molar-refractivity contribution in [3.05, 3.63) is 53.3 Å². The average molecular weight is 464 g/mol. The van der Waals surface area contributed by atoms with Crippen LogP contribution in [0.25, 0.3) is 0 Å². The monoisotopic (exact) mass is 463 g/mol. The molecule has 0 saturated carbocycles. The number of fused-ring (bicyclic) bond motifs is 1. The Morgan fingerprint density at radius 3 is 2.82 bits per heavy atom. The molecular weight excluding hydrogens is 441 g/mol. The van der Waals surface area contributed by atoms with E-state index in [0.717, 1.165) is 40.3 Å². The van der Waals surface area contributed by atoms with Crippen LogP contribution in [-0.4, -0.2) is 25.7 Å². The highest BCUT2D eigenvalue weighted by Crippen LogP contribution is 2.44. The fourth-order valence-corrected chi connectivity index (χ4v) is 5.83. The summed E-state index contributed by atoms with van der Waals surface area (Å²) in [6, 6.07) is 11.4. The first-order valence-corrected chi connectivity index (χ1v) is 11.1. The van der Waals surface area contributed by atoms with Gasteiger partial charge in [-0.1, -0.05) is 27.7 Å². The zero-order valence-corrected chi connectivity index (χ0v) is 18.4. The van der Waals surface area contributed by atoms with Gasteiger partial charge in [0, 0.05) is 35.6 Å². The van der Waals surface area contributed by atoms with E-state index in [1.165, 1.54) is 5.56 Å². The van der Waals surface area contributed by atoms with Crippen LogP contribution in [0.4, 0.5) is 10.1 Å². The summed E-state index contributed by atoms with van der Waals surface area (Å²) in [5, 5.41) is 0. The molecule has 0 radical (unpaired) electrons. The summed E-state index contributed by atoms with van der Waals surface area (Å²) >= 11 is 5.43. The number of hydrogen-bond acceptors (Lipinski definition) is 3. The molecule has 2 aliphatic rings. The highest BCUT2D eigenvalue weighted by Gasteiger charge is 2.35. The molecule has 3 nitrogen and oxygen atoms in total. The fraction of sp³-hybridized carbons (Fsp3) is 0.409. The van der Waals surface area contributed by atoms with Gasteiger partial charge in [0.25, 0.3) is 0 Å². The van der Waals surface area contributed by atoms with E-state index in [0.29, 0.717) is 13.0 Å². The molecule has 1 saturated heterocycles. The van der Waals surface area contributed by atoms with Gasteiger partial charge in [-0.25, -0.2) is 4.39 Å². The Morgan fingerprint density at radius 1 is 1.21 bits per heavy atom. The van der Waals surface area contributed by atoms with Gasteiger partial charge in [-0.05, 0) is 73.7 Å². The Morgan fingerprint density at radius 2 is 2.04 bits per heavy atom. The minimum Gasteiger partial charge on any atom is -0.378 e. The van der Waals surface area contributed by atoms with E-state index < -0.39 is 0 Å². The quantitative estimate of drug-likeness (QED) is 0.548. The largest absolute Gasteiger partial charge is 0.378 e. The van der Waals surface area contributed by atoms with E-state index >= 15 is 0 Å². The van der Waals surface area contributed by atoms with Crippen molar-refractivity contribution in [3.63, 3.8) is 0 Å². The highest BCUT2D eigenvalue weighted by atomic mass is 79.9. The third-order valence-corrected chi connectivity index (χ3v) is 7.67. The van der Waals surface area contributed by atoms with E-state index in [9.17, 15) is 9.18 Å².